The molecule has 0 N–H and O–H groups in total. The van der Waals surface area contributed by atoms with Gasteiger partial charge in [-0.2, -0.15) is 14.7 Å². The molecule has 1 saturated heterocycles. The molecule has 3 aromatic rings. The molecule has 0 aliphatic carbocycles. The zero-order valence-electron chi connectivity index (χ0n) is 14.2. The lowest BCUT2D eigenvalue weighted by molar-refractivity contribution is 0.342. The van der Waals surface area contributed by atoms with Crippen molar-refractivity contribution < 1.29 is 0 Å². The molecule has 0 spiro atoms. The lowest BCUT2D eigenvalue weighted by atomic mass is 9.96. The minimum atomic E-state index is 0.382. The van der Waals surface area contributed by atoms with Gasteiger partial charge in [0.15, 0.2) is 0 Å². The summed E-state index contributed by atoms with van der Waals surface area (Å²) in [6, 6.07) is 4.17. The molecular weight excluding hydrogens is 302 g/mol. The summed E-state index contributed by atoms with van der Waals surface area (Å²) in [7, 11) is 0. The lowest BCUT2D eigenvalue weighted by Gasteiger charge is -2.33. The molecule has 3 aromatic heterocycles. The van der Waals surface area contributed by atoms with E-state index in [0.29, 0.717) is 11.8 Å². The number of piperidine rings is 1. The van der Waals surface area contributed by atoms with Crippen molar-refractivity contribution in [3.63, 3.8) is 0 Å². The van der Waals surface area contributed by atoms with E-state index in [1.165, 1.54) is 12.8 Å². The summed E-state index contributed by atoms with van der Waals surface area (Å²) < 4.78 is 3.85. The molecule has 0 aromatic carbocycles. The highest BCUT2D eigenvalue weighted by molar-refractivity contribution is 5.68. The van der Waals surface area contributed by atoms with E-state index in [1.807, 2.05) is 23.1 Å². The van der Waals surface area contributed by atoms with Crippen molar-refractivity contribution in [3.05, 3.63) is 36.5 Å². The van der Waals surface area contributed by atoms with Gasteiger partial charge < -0.3 is 4.90 Å². The predicted octanol–water partition coefficient (Wildman–Crippen LogP) is 2.36. The third-order valence-electron chi connectivity index (χ3n) is 4.82. The van der Waals surface area contributed by atoms with E-state index < -0.39 is 0 Å². The number of hydrogen-bond acceptors (Lipinski definition) is 5. The Hall–Kier alpha value is -2.44. The van der Waals surface area contributed by atoms with E-state index in [2.05, 4.69) is 45.2 Å². The van der Waals surface area contributed by atoms with Crippen LogP contribution in [0.3, 0.4) is 0 Å². The number of fused-ring (bicyclic) bond motifs is 1. The van der Waals surface area contributed by atoms with E-state index in [1.54, 1.807) is 10.8 Å². The highest BCUT2D eigenvalue weighted by Crippen LogP contribution is 2.28. The second-order valence-corrected chi connectivity index (χ2v) is 6.87. The molecule has 0 radical (unpaired) electrons. The van der Waals surface area contributed by atoms with Crippen LogP contribution in [0.15, 0.2) is 30.9 Å². The Morgan fingerprint density at radius 3 is 2.79 bits per heavy atom. The molecule has 0 unspecified atom stereocenters. The largest absolute Gasteiger partial charge is 0.368 e. The summed E-state index contributed by atoms with van der Waals surface area (Å²) >= 11 is 0. The first kappa shape index (κ1) is 15.1. The number of anilines is 1. The van der Waals surface area contributed by atoms with Gasteiger partial charge in [0.25, 0.3) is 0 Å². The standard InChI is InChI=1S/C17H23N7/c1-13(2)15-10-16(17-20-18-12-24(17)21-15)22-8-4-14(5-9-22)11-23-7-3-6-19-23/h3,6-7,10,12-14H,4-5,8-9,11H2,1-2H3. The van der Waals surface area contributed by atoms with Crippen LogP contribution in [-0.4, -0.2) is 42.7 Å². The number of aromatic nitrogens is 6. The SMILES string of the molecule is CC(C)c1cc(N2CCC(Cn3cccn3)CC2)c2nncn2n1. The van der Waals surface area contributed by atoms with E-state index in [-0.39, 0.29) is 0 Å². The number of hydrogen-bond donors (Lipinski definition) is 0. The maximum absolute atomic E-state index is 4.61. The van der Waals surface area contributed by atoms with E-state index in [0.717, 1.165) is 36.7 Å². The molecule has 1 fully saturated rings. The van der Waals surface area contributed by atoms with Crippen LogP contribution in [0.1, 0.15) is 38.3 Å². The highest BCUT2D eigenvalue weighted by Gasteiger charge is 2.23. The average molecular weight is 325 g/mol. The molecule has 0 atom stereocenters. The Bertz CT molecular complexity index is 798. The van der Waals surface area contributed by atoms with E-state index in [4.69, 9.17) is 0 Å². The van der Waals surface area contributed by atoms with Crippen molar-refractivity contribution in [3.8, 4) is 0 Å². The van der Waals surface area contributed by atoms with Gasteiger partial charge in [-0.15, -0.1) is 10.2 Å². The van der Waals surface area contributed by atoms with Crippen molar-refractivity contribution in [1.29, 1.82) is 0 Å². The molecular formula is C17H23N7. The maximum Gasteiger partial charge on any atom is 0.200 e. The van der Waals surface area contributed by atoms with Gasteiger partial charge in [0.1, 0.15) is 6.33 Å². The van der Waals surface area contributed by atoms with Crippen molar-refractivity contribution in [2.45, 2.75) is 39.2 Å². The molecule has 1 aliphatic heterocycles. The maximum atomic E-state index is 4.61. The van der Waals surface area contributed by atoms with Gasteiger partial charge in [0, 0.05) is 32.0 Å². The second-order valence-electron chi connectivity index (χ2n) is 6.87. The molecule has 24 heavy (non-hydrogen) atoms. The summed E-state index contributed by atoms with van der Waals surface area (Å²) in [6.07, 6.45) is 7.92. The normalized spacial score (nSPS) is 16.4. The minimum absolute atomic E-state index is 0.382. The van der Waals surface area contributed by atoms with Crippen molar-refractivity contribution >= 4 is 11.3 Å². The third-order valence-corrected chi connectivity index (χ3v) is 4.82. The quantitative estimate of drug-likeness (QED) is 0.737. The van der Waals surface area contributed by atoms with Crippen molar-refractivity contribution in [2.75, 3.05) is 18.0 Å². The van der Waals surface area contributed by atoms with Crippen molar-refractivity contribution in [1.82, 2.24) is 29.6 Å². The van der Waals surface area contributed by atoms with Crippen LogP contribution in [0.25, 0.3) is 5.65 Å². The molecule has 126 valence electrons. The fourth-order valence-electron chi connectivity index (χ4n) is 3.37. The first-order valence-electron chi connectivity index (χ1n) is 8.64. The van der Waals surface area contributed by atoms with Crippen molar-refractivity contribution in [2.24, 2.45) is 5.92 Å². The summed E-state index contributed by atoms with van der Waals surface area (Å²) in [5, 5.41) is 17.2. The van der Waals surface area contributed by atoms with Gasteiger partial charge in [-0.05, 0) is 36.8 Å². The van der Waals surface area contributed by atoms with Gasteiger partial charge in [0.2, 0.25) is 5.65 Å². The predicted molar refractivity (Wildman–Crippen MR) is 92.0 cm³/mol. The Kier molecular flexibility index (Phi) is 3.92. The molecule has 4 rings (SSSR count). The van der Waals surface area contributed by atoms with Crippen LogP contribution in [0, 0.1) is 5.92 Å². The van der Waals surface area contributed by atoms with Crippen LogP contribution >= 0.6 is 0 Å². The molecule has 7 nitrogen and oxygen atoms in total. The van der Waals surface area contributed by atoms with Gasteiger partial charge >= 0.3 is 0 Å². The molecule has 0 amide bonds. The van der Waals surface area contributed by atoms with Gasteiger partial charge in [-0.1, -0.05) is 13.8 Å². The van der Waals surface area contributed by atoms with Crippen LogP contribution in [0.2, 0.25) is 0 Å². The number of rotatable bonds is 4. The zero-order chi connectivity index (χ0) is 16.5. The summed E-state index contributed by atoms with van der Waals surface area (Å²) in [5.74, 6) is 1.06. The van der Waals surface area contributed by atoms with Gasteiger partial charge in [-0.3, -0.25) is 4.68 Å². The highest BCUT2D eigenvalue weighted by atomic mass is 15.4. The lowest BCUT2D eigenvalue weighted by Crippen LogP contribution is -2.35. The Morgan fingerprint density at radius 2 is 2.08 bits per heavy atom. The Balaban J connectivity index is 1.52. The smallest absolute Gasteiger partial charge is 0.200 e. The van der Waals surface area contributed by atoms with Crippen LogP contribution in [-0.2, 0) is 6.54 Å². The fraction of sp³-hybridized carbons (Fsp3) is 0.529. The fourth-order valence-corrected chi connectivity index (χ4v) is 3.37. The van der Waals surface area contributed by atoms with Gasteiger partial charge in [0.05, 0.1) is 11.4 Å². The summed E-state index contributed by atoms with van der Waals surface area (Å²) in [5.41, 5.74) is 3.09. The van der Waals surface area contributed by atoms with Gasteiger partial charge in [-0.25, -0.2) is 0 Å². The second kappa shape index (κ2) is 6.22. The Labute approximate surface area is 141 Å². The Morgan fingerprint density at radius 1 is 1.25 bits per heavy atom. The van der Waals surface area contributed by atoms with E-state index in [9.17, 15) is 0 Å². The van der Waals surface area contributed by atoms with Crippen LogP contribution < -0.4 is 4.90 Å². The monoisotopic (exact) mass is 325 g/mol. The molecule has 7 heteroatoms. The average Bonchev–Trinajstić information content (AvgIpc) is 3.25. The molecule has 0 bridgehead atoms. The molecule has 1 aliphatic rings. The zero-order valence-corrected chi connectivity index (χ0v) is 14.2. The topological polar surface area (TPSA) is 64.1 Å². The molecule has 4 heterocycles. The minimum Gasteiger partial charge on any atom is -0.368 e. The first-order valence-corrected chi connectivity index (χ1v) is 8.64. The van der Waals surface area contributed by atoms with Crippen LogP contribution in [0.4, 0.5) is 5.69 Å². The van der Waals surface area contributed by atoms with E-state index >= 15 is 0 Å². The van der Waals surface area contributed by atoms with Crippen LogP contribution in [0.5, 0.6) is 0 Å². The first-order chi connectivity index (χ1) is 11.7. The summed E-state index contributed by atoms with van der Waals surface area (Å²) in [4.78, 5) is 2.43. The number of nitrogens with zero attached hydrogens (tertiary/aromatic N) is 7. The summed E-state index contributed by atoms with van der Waals surface area (Å²) in [6.45, 7) is 7.41. The molecule has 0 saturated carbocycles. The third kappa shape index (κ3) is 2.86.